The highest BCUT2D eigenvalue weighted by Crippen LogP contribution is 2.09. The van der Waals surface area contributed by atoms with Crippen molar-refractivity contribution in [2.45, 2.75) is 6.92 Å². The molecule has 0 unspecified atom stereocenters. The fourth-order valence-corrected chi connectivity index (χ4v) is 1.30. The summed E-state index contributed by atoms with van der Waals surface area (Å²) in [5, 5.41) is 5.34. The predicted molar refractivity (Wildman–Crippen MR) is 65.0 cm³/mol. The van der Waals surface area contributed by atoms with Crippen molar-refractivity contribution < 1.29 is 14.3 Å². The Hall–Kier alpha value is -1.88. The number of carbonyl (C=O) groups excluding carboxylic acids is 2. The van der Waals surface area contributed by atoms with Gasteiger partial charge in [-0.15, -0.1) is 0 Å². The van der Waals surface area contributed by atoms with Crippen molar-refractivity contribution in [1.82, 2.24) is 5.32 Å². The Morgan fingerprint density at radius 2 is 1.88 bits per heavy atom. The summed E-state index contributed by atoms with van der Waals surface area (Å²) < 4.78 is 4.69. The van der Waals surface area contributed by atoms with Gasteiger partial charge in [0.05, 0.1) is 0 Å². The summed E-state index contributed by atoms with van der Waals surface area (Å²) >= 11 is 0. The molecular weight excluding hydrogens is 220 g/mol. The number of benzene rings is 1. The van der Waals surface area contributed by atoms with Crippen molar-refractivity contribution in [2.75, 3.05) is 25.6 Å². The lowest BCUT2D eigenvalue weighted by Gasteiger charge is -2.06. The number of carbonyl (C=O) groups is 2. The molecule has 1 aromatic carbocycles. The Bertz CT molecular complexity index is 387. The molecule has 0 heterocycles. The summed E-state index contributed by atoms with van der Waals surface area (Å²) in [6.07, 6.45) is 0. The highest BCUT2D eigenvalue weighted by atomic mass is 16.5. The zero-order valence-electron chi connectivity index (χ0n) is 9.95. The standard InChI is InChI=1S/C12H16N2O3/c1-3-13-12(16)9-4-6-10(7-5-9)14-11(15)8-17-2/h4-7H,3,8H2,1-2H3,(H,13,16)(H,14,15). The monoisotopic (exact) mass is 236 g/mol. The van der Waals surface area contributed by atoms with Gasteiger partial charge in [0.2, 0.25) is 5.91 Å². The van der Waals surface area contributed by atoms with Gasteiger partial charge >= 0.3 is 0 Å². The summed E-state index contributed by atoms with van der Waals surface area (Å²) in [7, 11) is 1.46. The largest absolute Gasteiger partial charge is 0.375 e. The molecule has 5 heteroatoms. The third-order valence-corrected chi connectivity index (χ3v) is 2.04. The van der Waals surface area contributed by atoms with Crippen molar-refractivity contribution >= 4 is 17.5 Å². The number of hydrogen-bond acceptors (Lipinski definition) is 3. The van der Waals surface area contributed by atoms with E-state index in [2.05, 4.69) is 10.6 Å². The normalized spacial score (nSPS) is 9.76. The highest BCUT2D eigenvalue weighted by Gasteiger charge is 2.05. The third-order valence-electron chi connectivity index (χ3n) is 2.04. The Morgan fingerprint density at radius 3 is 2.41 bits per heavy atom. The van der Waals surface area contributed by atoms with Gasteiger partial charge in [0, 0.05) is 24.9 Å². The van der Waals surface area contributed by atoms with E-state index in [9.17, 15) is 9.59 Å². The van der Waals surface area contributed by atoms with Gasteiger partial charge in [-0.2, -0.15) is 0 Å². The van der Waals surface area contributed by atoms with Gasteiger partial charge in [0.25, 0.3) is 5.91 Å². The van der Waals surface area contributed by atoms with Gasteiger partial charge in [0.15, 0.2) is 0 Å². The van der Waals surface area contributed by atoms with Crippen LogP contribution in [0.25, 0.3) is 0 Å². The van der Waals surface area contributed by atoms with Crippen molar-refractivity contribution in [1.29, 1.82) is 0 Å². The molecule has 0 aliphatic rings. The maximum absolute atomic E-state index is 11.5. The number of hydrogen-bond donors (Lipinski definition) is 2. The Kier molecular flexibility index (Phi) is 5.16. The summed E-state index contributed by atoms with van der Waals surface area (Å²) in [6, 6.07) is 6.68. The van der Waals surface area contributed by atoms with Gasteiger partial charge < -0.3 is 15.4 Å². The number of rotatable bonds is 5. The van der Waals surface area contributed by atoms with Crippen molar-refractivity contribution in [2.24, 2.45) is 0 Å². The lowest BCUT2D eigenvalue weighted by atomic mass is 10.2. The smallest absolute Gasteiger partial charge is 0.251 e. The molecule has 0 aliphatic carbocycles. The van der Waals surface area contributed by atoms with E-state index in [0.29, 0.717) is 17.8 Å². The molecule has 0 fully saturated rings. The molecule has 17 heavy (non-hydrogen) atoms. The van der Waals surface area contributed by atoms with Crippen LogP contribution in [0.3, 0.4) is 0 Å². The van der Waals surface area contributed by atoms with Crippen LogP contribution in [0.4, 0.5) is 5.69 Å². The first-order valence-corrected chi connectivity index (χ1v) is 5.34. The molecule has 0 atom stereocenters. The fraction of sp³-hybridized carbons (Fsp3) is 0.333. The number of ether oxygens (including phenoxy) is 1. The molecule has 0 saturated carbocycles. The second-order valence-corrected chi connectivity index (χ2v) is 3.42. The summed E-state index contributed by atoms with van der Waals surface area (Å²) in [6.45, 7) is 2.46. The summed E-state index contributed by atoms with van der Waals surface area (Å²) in [5.41, 5.74) is 1.21. The van der Waals surface area contributed by atoms with Gasteiger partial charge in [0.1, 0.15) is 6.61 Å². The van der Waals surface area contributed by atoms with Crippen molar-refractivity contribution in [3.8, 4) is 0 Å². The van der Waals surface area contributed by atoms with Crippen molar-refractivity contribution in [3.63, 3.8) is 0 Å². The average molecular weight is 236 g/mol. The fourth-order valence-electron chi connectivity index (χ4n) is 1.30. The lowest BCUT2D eigenvalue weighted by Crippen LogP contribution is -2.22. The van der Waals surface area contributed by atoms with E-state index < -0.39 is 0 Å². The second kappa shape index (κ2) is 6.65. The molecular formula is C12H16N2O3. The van der Waals surface area contributed by atoms with Crippen LogP contribution in [0, 0.1) is 0 Å². The average Bonchev–Trinajstić information content (AvgIpc) is 2.30. The van der Waals surface area contributed by atoms with Crippen LogP contribution in [0.5, 0.6) is 0 Å². The molecule has 0 bridgehead atoms. The van der Waals surface area contributed by atoms with E-state index in [1.807, 2.05) is 6.92 Å². The third kappa shape index (κ3) is 4.24. The summed E-state index contributed by atoms with van der Waals surface area (Å²) in [4.78, 5) is 22.7. The minimum atomic E-state index is -0.224. The van der Waals surface area contributed by atoms with E-state index in [1.165, 1.54) is 7.11 Å². The van der Waals surface area contributed by atoms with Gasteiger partial charge in [-0.25, -0.2) is 0 Å². The zero-order valence-corrected chi connectivity index (χ0v) is 9.95. The molecule has 0 saturated heterocycles. The Labute approximate surface area is 100 Å². The lowest BCUT2D eigenvalue weighted by molar-refractivity contribution is -0.119. The molecule has 0 radical (unpaired) electrons. The maximum Gasteiger partial charge on any atom is 0.251 e. The van der Waals surface area contributed by atoms with E-state index in [1.54, 1.807) is 24.3 Å². The van der Waals surface area contributed by atoms with Gasteiger partial charge in [-0.05, 0) is 31.2 Å². The van der Waals surface area contributed by atoms with Crippen LogP contribution in [0.15, 0.2) is 24.3 Å². The minimum Gasteiger partial charge on any atom is -0.375 e. The van der Waals surface area contributed by atoms with E-state index in [-0.39, 0.29) is 18.4 Å². The van der Waals surface area contributed by atoms with Gasteiger partial charge in [-0.1, -0.05) is 0 Å². The number of anilines is 1. The van der Waals surface area contributed by atoms with Crippen molar-refractivity contribution in [3.05, 3.63) is 29.8 Å². The topological polar surface area (TPSA) is 67.4 Å². The molecule has 0 aliphatic heterocycles. The minimum absolute atomic E-state index is 0.0120. The Morgan fingerprint density at radius 1 is 1.24 bits per heavy atom. The molecule has 2 amide bonds. The van der Waals surface area contributed by atoms with Crippen LogP contribution in [-0.2, 0) is 9.53 Å². The van der Waals surface area contributed by atoms with E-state index >= 15 is 0 Å². The maximum atomic E-state index is 11.5. The number of amides is 2. The molecule has 0 aromatic heterocycles. The molecule has 92 valence electrons. The van der Waals surface area contributed by atoms with E-state index in [4.69, 9.17) is 4.74 Å². The highest BCUT2D eigenvalue weighted by molar-refractivity contribution is 5.95. The molecule has 5 nitrogen and oxygen atoms in total. The van der Waals surface area contributed by atoms with E-state index in [0.717, 1.165) is 0 Å². The SMILES string of the molecule is CCNC(=O)c1ccc(NC(=O)COC)cc1. The zero-order chi connectivity index (χ0) is 12.7. The predicted octanol–water partition coefficient (Wildman–Crippen LogP) is 1.02. The Balaban J connectivity index is 2.61. The second-order valence-electron chi connectivity index (χ2n) is 3.42. The quantitative estimate of drug-likeness (QED) is 0.802. The summed E-state index contributed by atoms with van der Waals surface area (Å²) in [5.74, 6) is -0.347. The van der Waals surface area contributed by atoms with Crippen LogP contribution in [0.2, 0.25) is 0 Å². The molecule has 2 N–H and O–H groups in total. The first-order valence-electron chi connectivity index (χ1n) is 5.34. The number of nitrogens with one attached hydrogen (secondary N) is 2. The first-order chi connectivity index (χ1) is 8.17. The van der Waals surface area contributed by atoms with Crippen LogP contribution < -0.4 is 10.6 Å². The van der Waals surface area contributed by atoms with Crippen LogP contribution in [0.1, 0.15) is 17.3 Å². The van der Waals surface area contributed by atoms with Gasteiger partial charge in [-0.3, -0.25) is 9.59 Å². The molecule has 0 spiro atoms. The first kappa shape index (κ1) is 13.2. The number of methoxy groups -OCH3 is 1. The molecule has 1 aromatic rings. The van der Waals surface area contributed by atoms with Crippen LogP contribution >= 0.6 is 0 Å². The molecule has 1 rings (SSSR count). The van der Waals surface area contributed by atoms with Crippen LogP contribution in [-0.4, -0.2) is 32.1 Å².